The smallest absolute Gasteiger partial charge is 0.231 e. The van der Waals surface area contributed by atoms with Crippen molar-refractivity contribution in [2.75, 3.05) is 50.8 Å². The molecule has 5 heterocycles. The highest BCUT2D eigenvalue weighted by atomic mass is 35.5. The molecule has 5 aliphatic rings. The van der Waals surface area contributed by atoms with Gasteiger partial charge in [0.1, 0.15) is 0 Å². The fourth-order valence-electron chi connectivity index (χ4n) is 5.98. The summed E-state index contributed by atoms with van der Waals surface area (Å²) in [4.78, 5) is 19.0. The predicted octanol–water partition coefficient (Wildman–Crippen LogP) is 2.42. The van der Waals surface area contributed by atoms with E-state index in [0.29, 0.717) is 24.0 Å². The summed E-state index contributed by atoms with van der Waals surface area (Å²) >= 11 is 6.33. The van der Waals surface area contributed by atoms with Gasteiger partial charge in [0, 0.05) is 55.1 Å². The fourth-order valence-corrected chi connectivity index (χ4v) is 6.17. The van der Waals surface area contributed by atoms with Crippen LogP contribution in [-0.2, 0) is 22.6 Å². The van der Waals surface area contributed by atoms with Gasteiger partial charge < -0.3 is 14.5 Å². The van der Waals surface area contributed by atoms with E-state index < -0.39 is 5.67 Å². The van der Waals surface area contributed by atoms with E-state index in [1.165, 1.54) is 0 Å². The van der Waals surface area contributed by atoms with Gasteiger partial charge in [0.15, 0.2) is 11.5 Å². The fraction of sp³-hybridized carbons (Fsp3) is 0.625. The van der Waals surface area contributed by atoms with Crippen LogP contribution in [-0.4, -0.2) is 82.1 Å². The highest BCUT2D eigenvalue weighted by molar-refractivity contribution is 6.30. The Morgan fingerprint density at radius 2 is 1.91 bits per heavy atom. The minimum absolute atomic E-state index is 0.101. The summed E-state index contributed by atoms with van der Waals surface area (Å²) in [6.45, 7) is 7.13. The maximum absolute atomic E-state index is 14.9. The molecular weight excluding hydrogens is 459 g/mol. The number of ether oxygens (including phenoxy) is 1. The maximum Gasteiger partial charge on any atom is 0.231 e. The molecule has 10 heteroatoms. The van der Waals surface area contributed by atoms with Gasteiger partial charge in [0.2, 0.25) is 11.9 Å². The predicted molar refractivity (Wildman–Crippen MR) is 124 cm³/mol. The Bertz CT molecular complexity index is 1180. The van der Waals surface area contributed by atoms with Crippen molar-refractivity contribution in [3.63, 3.8) is 0 Å². The summed E-state index contributed by atoms with van der Waals surface area (Å²) in [7, 11) is 0. The second kappa shape index (κ2) is 6.92. The van der Waals surface area contributed by atoms with E-state index in [2.05, 4.69) is 31.5 Å². The quantitative estimate of drug-likeness (QED) is 0.661. The van der Waals surface area contributed by atoms with Gasteiger partial charge in [0.25, 0.3) is 0 Å². The van der Waals surface area contributed by atoms with E-state index in [1.54, 1.807) is 0 Å². The van der Waals surface area contributed by atoms with Crippen molar-refractivity contribution in [1.82, 2.24) is 24.6 Å². The van der Waals surface area contributed by atoms with Crippen LogP contribution in [0, 0.1) is 10.8 Å². The molecule has 0 atom stereocenters. The molecule has 1 saturated carbocycles. The normalized spacial score (nSPS) is 25.5. The number of rotatable bonds is 4. The van der Waals surface area contributed by atoms with Crippen LogP contribution in [0.1, 0.15) is 31.2 Å². The van der Waals surface area contributed by atoms with Crippen molar-refractivity contribution in [3.05, 3.63) is 34.6 Å². The molecule has 8 nitrogen and oxygen atoms in total. The number of aromatic nitrogens is 3. The number of halogens is 2. The largest absolute Gasteiger partial charge is 0.375 e. The van der Waals surface area contributed by atoms with Crippen molar-refractivity contribution in [2.45, 2.75) is 38.5 Å². The summed E-state index contributed by atoms with van der Waals surface area (Å²) in [5.41, 5.74) is 0.775. The van der Waals surface area contributed by atoms with Crippen LogP contribution in [0.4, 0.5) is 10.3 Å². The number of carbonyl (C=O) groups excluding carboxylic acids is 1. The van der Waals surface area contributed by atoms with Gasteiger partial charge in [-0.1, -0.05) is 18.5 Å². The van der Waals surface area contributed by atoms with E-state index in [1.807, 2.05) is 23.1 Å². The SMILES string of the molecule is CC1(C(=O)N2CC3(C2)CN(c2nnc4n2-c2ccc(Cl)cc2CN(CC2(F)COC2)C4)C3)CC1. The van der Waals surface area contributed by atoms with Crippen LogP contribution in [0.2, 0.25) is 5.02 Å². The number of hydrogen-bond acceptors (Lipinski definition) is 6. The van der Waals surface area contributed by atoms with E-state index >= 15 is 0 Å². The number of alkyl halides is 1. The van der Waals surface area contributed by atoms with Crippen LogP contribution < -0.4 is 4.90 Å². The highest BCUT2D eigenvalue weighted by Gasteiger charge is 2.58. The van der Waals surface area contributed by atoms with Crippen molar-refractivity contribution in [1.29, 1.82) is 0 Å². The summed E-state index contributed by atoms with van der Waals surface area (Å²) < 4.78 is 22.1. The van der Waals surface area contributed by atoms with Crippen molar-refractivity contribution >= 4 is 23.5 Å². The molecule has 1 spiro atoms. The number of likely N-dealkylation sites (tertiary alicyclic amines) is 1. The van der Waals surface area contributed by atoms with Gasteiger partial charge in [0.05, 0.1) is 25.4 Å². The lowest BCUT2D eigenvalue weighted by Gasteiger charge is -2.60. The Labute approximate surface area is 202 Å². The standard InChI is InChI=1S/C24H28ClFN6O2/c1-22(4-5-22)20(33)30-9-23(10-30)11-31(12-23)21-28-27-19-8-29(13-24(26)14-34-15-24)7-16-6-17(25)2-3-18(16)32(19)21/h2-3,6H,4-5,7-15H2,1H3. The van der Waals surface area contributed by atoms with Gasteiger partial charge in [-0.2, -0.15) is 0 Å². The molecule has 7 rings (SSSR count). The van der Waals surface area contributed by atoms with Crippen LogP contribution in [0.15, 0.2) is 18.2 Å². The molecule has 0 radical (unpaired) electrons. The number of amides is 1. The number of carbonyl (C=O) groups is 1. The molecule has 1 aromatic carbocycles. The molecular formula is C24H28ClFN6O2. The van der Waals surface area contributed by atoms with Crippen LogP contribution in [0.25, 0.3) is 5.69 Å². The second-order valence-electron chi connectivity index (χ2n) is 11.4. The lowest BCUT2D eigenvalue weighted by molar-refractivity contribution is -0.150. The van der Waals surface area contributed by atoms with Gasteiger partial charge in [-0.05, 0) is 36.6 Å². The Morgan fingerprint density at radius 1 is 1.15 bits per heavy atom. The molecule has 34 heavy (non-hydrogen) atoms. The Kier molecular flexibility index (Phi) is 4.29. The minimum atomic E-state index is -1.31. The van der Waals surface area contributed by atoms with E-state index in [9.17, 15) is 9.18 Å². The van der Waals surface area contributed by atoms with Gasteiger partial charge in [-0.25, -0.2) is 4.39 Å². The molecule has 2 aromatic rings. The zero-order chi connectivity index (χ0) is 23.3. The number of benzene rings is 1. The molecule has 0 N–H and O–H groups in total. The first-order chi connectivity index (χ1) is 16.2. The molecule has 0 bridgehead atoms. The zero-order valence-electron chi connectivity index (χ0n) is 19.3. The topological polar surface area (TPSA) is 66.7 Å². The average molecular weight is 487 g/mol. The summed E-state index contributed by atoms with van der Waals surface area (Å²) in [5.74, 6) is 1.93. The zero-order valence-corrected chi connectivity index (χ0v) is 20.0. The average Bonchev–Trinajstić information content (AvgIpc) is 3.38. The summed E-state index contributed by atoms with van der Waals surface area (Å²) in [5, 5.41) is 9.73. The Morgan fingerprint density at radius 3 is 2.59 bits per heavy atom. The van der Waals surface area contributed by atoms with Crippen LogP contribution >= 0.6 is 11.6 Å². The van der Waals surface area contributed by atoms with Crippen molar-refractivity contribution < 1.29 is 13.9 Å². The second-order valence-corrected chi connectivity index (χ2v) is 11.8. The lowest BCUT2D eigenvalue weighted by Crippen LogP contribution is -2.73. The first kappa shape index (κ1) is 21.1. The number of hydrogen-bond donors (Lipinski definition) is 0. The van der Waals surface area contributed by atoms with Crippen LogP contribution in [0.3, 0.4) is 0 Å². The Balaban J connectivity index is 1.13. The van der Waals surface area contributed by atoms with E-state index in [0.717, 1.165) is 62.0 Å². The minimum Gasteiger partial charge on any atom is -0.375 e. The summed E-state index contributed by atoms with van der Waals surface area (Å²) in [6, 6.07) is 5.84. The molecule has 1 amide bonds. The molecule has 3 saturated heterocycles. The molecule has 1 aliphatic carbocycles. The first-order valence-electron chi connectivity index (χ1n) is 12.0. The van der Waals surface area contributed by atoms with Gasteiger partial charge >= 0.3 is 0 Å². The number of nitrogens with zero attached hydrogens (tertiary/aromatic N) is 6. The van der Waals surface area contributed by atoms with Crippen molar-refractivity contribution in [3.8, 4) is 5.69 Å². The maximum atomic E-state index is 14.9. The molecule has 0 unspecified atom stereocenters. The van der Waals surface area contributed by atoms with Gasteiger partial charge in [-0.15, -0.1) is 10.2 Å². The highest BCUT2D eigenvalue weighted by Crippen LogP contribution is 2.50. The van der Waals surface area contributed by atoms with E-state index in [-0.39, 0.29) is 30.6 Å². The first-order valence-corrected chi connectivity index (χ1v) is 12.4. The molecule has 4 fully saturated rings. The van der Waals surface area contributed by atoms with Crippen molar-refractivity contribution in [2.24, 2.45) is 10.8 Å². The third-order valence-electron chi connectivity index (χ3n) is 8.17. The molecule has 1 aromatic heterocycles. The molecule has 4 aliphatic heterocycles. The number of fused-ring (bicyclic) bond motifs is 3. The third-order valence-corrected chi connectivity index (χ3v) is 8.41. The monoisotopic (exact) mass is 486 g/mol. The summed E-state index contributed by atoms with van der Waals surface area (Å²) in [6.07, 6.45) is 2.04. The Hall–Kier alpha value is -2.23. The van der Waals surface area contributed by atoms with Crippen LogP contribution in [0.5, 0.6) is 0 Å². The lowest BCUT2D eigenvalue weighted by atomic mass is 9.72. The third kappa shape index (κ3) is 3.20. The molecule has 180 valence electrons. The van der Waals surface area contributed by atoms with E-state index in [4.69, 9.17) is 16.3 Å². The number of anilines is 1. The van der Waals surface area contributed by atoms with Gasteiger partial charge in [-0.3, -0.25) is 14.3 Å².